The van der Waals surface area contributed by atoms with Crippen LogP contribution < -0.4 is 9.47 Å². The molecule has 0 saturated carbocycles. The summed E-state index contributed by atoms with van der Waals surface area (Å²) in [4.78, 5) is 0. The molecule has 1 aromatic rings. The first-order valence-electron chi connectivity index (χ1n) is 4.24. The smallest absolute Gasteiger partial charge is 0.163 e. The summed E-state index contributed by atoms with van der Waals surface area (Å²) in [6, 6.07) is 4.24. The van der Waals surface area contributed by atoms with E-state index in [1.54, 1.807) is 6.07 Å². The molecule has 0 saturated heterocycles. The van der Waals surface area contributed by atoms with Crippen molar-refractivity contribution < 1.29 is 13.9 Å². The summed E-state index contributed by atoms with van der Waals surface area (Å²) >= 11 is 0. The van der Waals surface area contributed by atoms with E-state index in [4.69, 9.17) is 9.47 Å². The normalized spacial score (nSPS) is 9.77. The lowest BCUT2D eigenvalue weighted by Crippen LogP contribution is -1.97. The van der Waals surface area contributed by atoms with Crippen LogP contribution in [0, 0.1) is 5.82 Å². The standard InChI is InChI=1S/C10H13FO2/c1-3-6-13-9-5-4-8(11)7-10(9)12-2/h4-5,7H,3,6H2,1-2H3. The second-order valence-corrected chi connectivity index (χ2v) is 2.64. The number of benzene rings is 1. The SMILES string of the molecule is CCCOc1ccc(F)cc1OC. The third kappa shape index (κ3) is 2.61. The summed E-state index contributed by atoms with van der Waals surface area (Å²) in [6.07, 6.45) is 0.917. The van der Waals surface area contributed by atoms with E-state index >= 15 is 0 Å². The topological polar surface area (TPSA) is 18.5 Å². The maximum Gasteiger partial charge on any atom is 0.163 e. The van der Waals surface area contributed by atoms with Gasteiger partial charge in [-0.05, 0) is 18.6 Å². The van der Waals surface area contributed by atoms with Crippen molar-refractivity contribution in [2.24, 2.45) is 0 Å². The largest absolute Gasteiger partial charge is 0.493 e. The fraction of sp³-hybridized carbons (Fsp3) is 0.400. The van der Waals surface area contributed by atoms with E-state index < -0.39 is 0 Å². The van der Waals surface area contributed by atoms with Crippen LogP contribution >= 0.6 is 0 Å². The van der Waals surface area contributed by atoms with Gasteiger partial charge in [-0.15, -0.1) is 0 Å². The van der Waals surface area contributed by atoms with E-state index in [1.165, 1.54) is 19.2 Å². The van der Waals surface area contributed by atoms with Gasteiger partial charge in [0.15, 0.2) is 11.5 Å². The van der Waals surface area contributed by atoms with Gasteiger partial charge in [0.2, 0.25) is 0 Å². The van der Waals surface area contributed by atoms with Gasteiger partial charge < -0.3 is 9.47 Å². The highest BCUT2D eigenvalue weighted by atomic mass is 19.1. The molecule has 0 radical (unpaired) electrons. The summed E-state index contributed by atoms with van der Waals surface area (Å²) in [6.45, 7) is 2.62. The number of halogens is 1. The van der Waals surface area contributed by atoms with E-state index in [9.17, 15) is 4.39 Å². The highest BCUT2D eigenvalue weighted by Gasteiger charge is 2.04. The third-order valence-corrected chi connectivity index (χ3v) is 1.59. The lowest BCUT2D eigenvalue weighted by Gasteiger charge is -2.09. The molecule has 0 aliphatic carbocycles. The Balaban J connectivity index is 2.79. The van der Waals surface area contributed by atoms with Crippen LogP contribution in [0.25, 0.3) is 0 Å². The zero-order valence-electron chi connectivity index (χ0n) is 7.84. The molecule has 2 nitrogen and oxygen atoms in total. The predicted octanol–water partition coefficient (Wildman–Crippen LogP) is 2.62. The quantitative estimate of drug-likeness (QED) is 0.716. The minimum atomic E-state index is -0.319. The fourth-order valence-electron chi connectivity index (χ4n) is 0.973. The van der Waals surface area contributed by atoms with Gasteiger partial charge in [-0.2, -0.15) is 0 Å². The summed E-state index contributed by atoms with van der Waals surface area (Å²) < 4.78 is 23.0. The van der Waals surface area contributed by atoms with Crippen LogP contribution in [0.1, 0.15) is 13.3 Å². The number of rotatable bonds is 4. The van der Waals surface area contributed by atoms with Crippen LogP contribution in [0.5, 0.6) is 11.5 Å². The van der Waals surface area contributed by atoms with Gasteiger partial charge >= 0.3 is 0 Å². The Morgan fingerprint density at radius 1 is 1.31 bits per heavy atom. The summed E-state index contributed by atoms with van der Waals surface area (Å²) in [7, 11) is 1.49. The molecule has 0 N–H and O–H groups in total. The van der Waals surface area contributed by atoms with Gasteiger partial charge in [-0.1, -0.05) is 6.92 Å². The van der Waals surface area contributed by atoms with Crippen molar-refractivity contribution in [1.82, 2.24) is 0 Å². The first-order valence-corrected chi connectivity index (χ1v) is 4.24. The number of methoxy groups -OCH3 is 1. The lowest BCUT2D eigenvalue weighted by molar-refractivity contribution is 0.293. The lowest BCUT2D eigenvalue weighted by atomic mass is 10.3. The molecule has 0 atom stereocenters. The van der Waals surface area contributed by atoms with Crippen LogP contribution in [0.2, 0.25) is 0 Å². The zero-order chi connectivity index (χ0) is 9.68. The third-order valence-electron chi connectivity index (χ3n) is 1.59. The molecule has 3 heteroatoms. The first-order chi connectivity index (χ1) is 6.27. The molecule has 0 fully saturated rings. The van der Waals surface area contributed by atoms with Crippen molar-refractivity contribution in [3.8, 4) is 11.5 Å². The van der Waals surface area contributed by atoms with Crippen LogP contribution in [0.3, 0.4) is 0 Å². The van der Waals surface area contributed by atoms with Gasteiger partial charge in [0, 0.05) is 6.07 Å². The Kier molecular flexibility index (Phi) is 3.55. The minimum absolute atomic E-state index is 0.319. The molecule has 0 aliphatic rings. The molecule has 0 bridgehead atoms. The van der Waals surface area contributed by atoms with Crippen molar-refractivity contribution >= 4 is 0 Å². The number of ether oxygens (including phenoxy) is 2. The highest BCUT2D eigenvalue weighted by molar-refractivity contribution is 5.39. The van der Waals surface area contributed by atoms with E-state index in [-0.39, 0.29) is 5.82 Å². The monoisotopic (exact) mass is 184 g/mol. The molecular weight excluding hydrogens is 171 g/mol. The van der Waals surface area contributed by atoms with Gasteiger partial charge in [-0.25, -0.2) is 4.39 Å². The maximum absolute atomic E-state index is 12.7. The number of hydrogen-bond donors (Lipinski definition) is 0. The van der Waals surface area contributed by atoms with Crippen LogP contribution in [0.15, 0.2) is 18.2 Å². The van der Waals surface area contributed by atoms with Crippen molar-refractivity contribution in [2.45, 2.75) is 13.3 Å². The van der Waals surface area contributed by atoms with Gasteiger partial charge in [0.1, 0.15) is 5.82 Å². The Bertz CT molecular complexity index is 274. The molecule has 0 spiro atoms. The van der Waals surface area contributed by atoms with Crippen molar-refractivity contribution in [3.05, 3.63) is 24.0 Å². The number of hydrogen-bond acceptors (Lipinski definition) is 2. The Labute approximate surface area is 77.3 Å². The second kappa shape index (κ2) is 4.70. The highest BCUT2D eigenvalue weighted by Crippen LogP contribution is 2.27. The Morgan fingerprint density at radius 3 is 2.69 bits per heavy atom. The van der Waals surface area contributed by atoms with E-state index in [0.29, 0.717) is 18.1 Å². The molecular formula is C10H13FO2. The summed E-state index contributed by atoms with van der Waals surface area (Å²) in [5.41, 5.74) is 0. The molecule has 0 amide bonds. The molecule has 0 aliphatic heterocycles. The molecule has 1 aromatic carbocycles. The maximum atomic E-state index is 12.7. The average Bonchev–Trinajstić information content (AvgIpc) is 2.16. The molecule has 0 unspecified atom stereocenters. The Morgan fingerprint density at radius 2 is 2.08 bits per heavy atom. The van der Waals surface area contributed by atoms with Crippen LogP contribution in [-0.4, -0.2) is 13.7 Å². The van der Waals surface area contributed by atoms with Crippen LogP contribution in [0.4, 0.5) is 4.39 Å². The molecule has 0 heterocycles. The van der Waals surface area contributed by atoms with E-state index in [0.717, 1.165) is 6.42 Å². The van der Waals surface area contributed by atoms with Crippen molar-refractivity contribution in [3.63, 3.8) is 0 Å². The summed E-state index contributed by atoms with van der Waals surface area (Å²) in [5.74, 6) is 0.708. The molecule has 0 aromatic heterocycles. The molecule has 72 valence electrons. The fourth-order valence-corrected chi connectivity index (χ4v) is 0.973. The van der Waals surface area contributed by atoms with Gasteiger partial charge in [0.25, 0.3) is 0 Å². The van der Waals surface area contributed by atoms with Gasteiger partial charge in [0.05, 0.1) is 13.7 Å². The van der Waals surface area contributed by atoms with Crippen molar-refractivity contribution in [1.29, 1.82) is 0 Å². The zero-order valence-corrected chi connectivity index (χ0v) is 7.84. The molecule has 13 heavy (non-hydrogen) atoms. The minimum Gasteiger partial charge on any atom is -0.493 e. The molecule has 1 rings (SSSR count). The van der Waals surface area contributed by atoms with Gasteiger partial charge in [-0.3, -0.25) is 0 Å². The second-order valence-electron chi connectivity index (χ2n) is 2.64. The predicted molar refractivity (Wildman–Crippen MR) is 48.7 cm³/mol. The van der Waals surface area contributed by atoms with Crippen LogP contribution in [-0.2, 0) is 0 Å². The summed E-state index contributed by atoms with van der Waals surface area (Å²) in [5, 5.41) is 0. The van der Waals surface area contributed by atoms with E-state index in [2.05, 4.69) is 0 Å². The average molecular weight is 184 g/mol. The first kappa shape index (κ1) is 9.84. The van der Waals surface area contributed by atoms with E-state index in [1.807, 2.05) is 6.92 Å². The van der Waals surface area contributed by atoms with Crippen molar-refractivity contribution in [2.75, 3.05) is 13.7 Å². The Hall–Kier alpha value is -1.25.